The molecule has 0 saturated carbocycles. The summed E-state index contributed by atoms with van der Waals surface area (Å²) in [7, 11) is 0. The van der Waals surface area contributed by atoms with Crippen molar-refractivity contribution in [3.8, 4) is 22.3 Å². The second-order valence-electron chi connectivity index (χ2n) is 7.07. The van der Waals surface area contributed by atoms with E-state index < -0.39 is 11.8 Å². The molecule has 3 aromatic rings. The molecule has 0 N–H and O–H groups in total. The van der Waals surface area contributed by atoms with Gasteiger partial charge < -0.3 is 9.30 Å². The number of nitrogens with zero attached hydrogens (tertiary/aromatic N) is 1. The monoisotopic (exact) mass is 439 g/mol. The van der Waals surface area contributed by atoms with E-state index in [0.717, 1.165) is 39.5 Å². The lowest BCUT2D eigenvalue weighted by Gasteiger charge is -2.15. The number of halogens is 1. The number of benzene rings is 2. The molecule has 0 radical (unpaired) electrons. The van der Waals surface area contributed by atoms with Crippen LogP contribution in [0.5, 0.6) is 0 Å². The number of rotatable bonds is 6. The highest BCUT2D eigenvalue weighted by Gasteiger charge is 2.37. The summed E-state index contributed by atoms with van der Waals surface area (Å²) in [4.78, 5) is 25.8. The maximum Gasteiger partial charge on any atom is 0.381 e. The molecule has 0 fully saturated rings. The Labute approximate surface area is 185 Å². The Balaban J connectivity index is 2.06. The van der Waals surface area contributed by atoms with Gasteiger partial charge in [0.15, 0.2) is 0 Å². The first-order valence-electron chi connectivity index (χ1n) is 10.0. The van der Waals surface area contributed by atoms with Crippen LogP contribution in [0.25, 0.3) is 22.3 Å². The van der Waals surface area contributed by atoms with Gasteiger partial charge in [0.2, 0.25) is 0 Å². The van der Waals surface area contributed by atoms with Crippen LogP contribution in [-0.2, 0) is 9.53 Å². The highest BCUT2D eigenvalue weighted by molar-refractivity contribution is 7.99. The Hall–Kier alpha value is -2.50. The number of Topliss-reactive ketones (excluding diaryl/α,β-unsaturated/α-hetero) is 1. The highest BCUT2D eigenvalue weighted by atomic mass is 35.5. The molecule has 4 nitrogen and oxygen atoms in total. The predicted octanol–water partition coefficient (Wildman–Crippen LogP) is 6.28. The van der Waals surface area contributed by atoms with Crippen LogP contribution in [0.15, 0.2) is 59.6 Å². The minimum atomic E-state index is -0.820. The quantitative estimate of drug-likeness (QED) is 0.257. The largest absolute Gasteiger partial charge is 0.460 e. The van der Waals surface area contributed by atoms with E-state index in [1.54, 1.807) is 30.8 Å². The SMILES string of the molecule is CCOC(=O)C(=O)c1c(-c2ccc(Cl)cc2)c(-c2ccccc2)c2n1C(CC)CS2. The first-order valence-corrected chi connectivity index (χ1v) is 11.4. The first-order chi connectivity index (χ1) is 14.6. The van der Waals surface area contributed by atoms with Crippen molar-refractivity contribution >= 4 is 35.1 Å². The molecule has 4 rings (SSSR count). The van der Waals surface area contributed by atoms with E-state index in [1.807, 2.05) is 42.5 Å². The van der Waals surface area contributed by atoms with Crippen LogP contribution >= 0.6 is 23.4 Å². The first kappa shape index (κ1) is 20.8. The Kier molecular flexibility index (Phi) is 6.02. The number of fused-ring (bicyclic) bond motifs is 1. The maximum absolute atomic E-state index is 13.3. The molecular formula is C24H22ClNO3S. The molecule has 0 saturated heterocycles. The van der Waals surface area contributed by atoms with Gasteiger partial charge in [-0.05, 0) is 36.6 Å². The zero-order chi connectivity index (χ0) is 21.3. The second-order valence-corrected chi connectivity index (χ2v) is 8.51. The Morgan fingerprint density at radius 3 is 2.33 bits per heavy atom. The third-order valence-corrected chi connectivity index (χ3v) is 6.76. The molecule has 0 amide bonds. The number of esters is 1. The van der Waals surface area contributed by atoms with Crippen molar-refractivity contribution in [3.63, 3.8) is 0 Å². The normalized spacial score (nSPS) is 15.1. The average molecular weight is 440 g/mol. The van der Waals surface area contributed by atoms with Gasteiger partial charge in [0.05, 0.1) is 11.6 Å². The van der Waals surface area contributed by atoms with Crippen LogP contribution < -0.4 is 0 Å². The van der Waals surface area contributed by atoms with Crippen LogP contribution in [0.2, 0.25) is 5.02 Å². The molecule has 1 atom stereocenters. The smallest absolute Gasteiger partial charge is 0.381 e. The molecule has 2 heterocycles. The molecule has 6 heteroatoms. The number of carbonyl (C=O) groups excluding carboxylic acids is 2. The number of hydrogen-bond donors (Lipinski definition) is 0. The number of ketones is 1. The zero-order valence-electron chi connectivity index (χ0n) is 16.9. The van der Waals surface area contributed by atoms with E-state index in [1.165, 1.54) is 0 Å². The fraction of sp³-hybridized carbons (Fsp3) is 0.250. The summed E-state index contributed by atoms with van der Waals surface area (Å²) in [5.41, 5.74) is 4.01. The minimum absolute atomic E-state index is 0.141. The summed E-state index contributed by atoms with van der Waals surface area (Å²) in [6, 6.07) is 17.5. The Morgan fingerprint density at radius 1 is 1.03 bits per heavy atom. The molecule has 1 aliphatic heterocycles. The molecule has 0 bridgehead atoms. The number of carbonyl (C=O) groups is 2. The molecule has 0 spiro atoms. The van der Waals surface area contributed by atoms with Gasteiger partial charge in [-0.15, -0.1) is 11.8 Å². The van der Waals surface area contributed by atoms with Gasteiger partial charge in [-0.1, -0.05) is 61.0 Å². The van der Waals surface area contributed by atoms with E-state index in [9.17, 15) is 9.59 Å². The standard InChI is InChI=1S/C24H22ClNO3S/c1-3-18-14-30-23-20(15-8-6-5-7-9-15)19(16-10-12-17(25)13-11-16)21(26(18)23)22(27)24(28)29-4-2/h5-13,18H,3-4,14H2,1-2H3. The third-order valence-electron chi connectivity index (χ3n) is 5.28. The van der Waals surface area contributed by atoms with Gasteiger partial charge in [0, 0.05) is 27.9 Å². The van der Waals surface area contributed by atoms with E-state index >= 15 is 0 Å². The lowest BCUT2D eigenvalue weighted by atomic mass is 9.95. The molecular weight excluding hydrogens is 418 g/mol. The van der Waals surface area contributed by atoms with Gasteiger partial charge in [-0.25, -0.2) is 4.79 Å². The van der Waals surface area contributed by atoms with Crippen LogP contribution in [0, 0.1) is 0 Å². The number of hydrogen-bond acceptors (Lipinski definition) is 4. The van der Waals surface area contributed by atoms with Crippen molar-refractivity contribution in [1.82, 2.24) is 4.57 Å². The molecule has 1 unspecified atom stereocenters. The molecule has 1 aliphatic rings. The summed E-state index contributed by atoms with van der Waals surface area (Å²) < 4.78 is 7.13. The lowest BCUT2D eigenvalue weighted by Crippen LogP contribution is -2.23. The van der Waals surface area contributed by atoms with Crippen molar-refractivity contribution in [1.29, 1.82) is 0 Å². The minimum Gasteiger partial charge on any atom is -0.460 e. The van der Waals surface area contributed by atoms with Crippen LogP contribution in [0.3, 0.4) is 0 Å². The highest BCUT2D eigenvalue weighted by Crippen LogP contribution is 2.50. The maximum atomic E-state index is 13.3. The second kappa shape index (κ2) is 8.70. The number of aromatic nitrogens is 1. The summed E-state index contributed by atoms with van der Waals surface area (Å²) in [6.07, 6.45) is 0.867. The Morgan fingerprint density at radius 2 is 1.70 bits per heavy atom. The van der Waals surface area contributed by atoms with Crippen molar-refractivity contribution < 1.29 is 14.3 Å². The summed E-state index contributed by atoms with van der Waals surface area (Å²) >= 11 is 7.85. The van der Waals surface area contributed by atoms with E-state index in [0.29, 0.717) is 10.7 Å². The van der Waals surface area contributed by atoms with Gasteiger partial charge in [0.25, 0.3) is 5.78 Å². The summed E-state index contributed by atoms with van der Waals surface area (Å²) in [6.45, 7) is 3.96. The average Bonchev–Trinajstić information content (AvgIpc) is 3.32. The van der Waals surface area contributed by atoms with Gasteiger partial charge in [0.1, 0.15) is 5.69 Å². The fourth-order valence-electron chi connectivity index (χ4n) is 3.89. The van der Waals surface area contributed by atoms with Gasteiger partial charge >= 0.3 is 5.97 Å². The van der Waals surface area contributed by atoms with Crippen molar-refractivity contribution in [2.75, 3.05) is 12.4 Å². The Bertz CT molecular complexity index is 1090. The third kappa shape index (κ3) is 3.57. The van der Waals surface area contributed by atoms with E-state index in [4.69, 9.17) is 16.3 Å². The van der Waals surface area contributed by atoms with Crippen LogP contribution in [-0.4, -0.2) is 28.7 Å². The topological polar surface area (TPSA) is 48.3 Å². The summed E-state index contributed by atoms with van der Waals surface area (Å²) in [5, 5.41) is 1.64. The van der Waals surface area contributed by atoms with Gasteiger partial charge in [-0.3, -0.25) is 4.79 Å². The van der Waals surface area contributed by atoms with Crippen molar-refractivity contribution in [3.05, 3.63) is 65.3 Å². The number of thioether (sulfide) groups is 1. The predicted molar refractivity (Wildman–Crippen MR) is 121 cm³/mol. The molecule has 1 aromatic heterocycles. The van der Waals surface area contributed by atoms with E-state index in [-0.39, 0.29) is 12.6 Å². The molecule has 30 heavy (non-hydrogen) atoms. The van der Waals surface area contributed by atoms with Crippen molar-refractivity contribution in [2.24, 2.45) is 0 Å². The molecule has 0 aliphatic carbocycles. The molecule has 2 aromatic carbocycles. The molecule has 154 valence electrons. The zero-order valence-corrected chi connectivity index (χ0v) is 18.4. The van der Waals surface area contributed by atoms with Crippen molar-refractivity contribution in [2.45, 2.75) is 31.3 Å². The summed E-state index contributed by atoms with van der Waals surface area (Å²) in [5.74, 6) is -0.555. The van der Waals surface area contributed by atoms with E-state index in [2.05, 4.69) is 11.5 Å². The van der Waals surface area contributed by atoms with Gasteiger partial charge in [-0.2, -0.15) is 0 Å². The fourth-order valence-corrected chi connectivity index (χ4v) is 5.50. The lowest BCUT2D eigenvalue weighted by molar-refractivity contribution is -0.137. The van der Waals surface area contributed by atoms with Crippen LogP contribution in [0.1, 0.15) is 36.8 Å². The number of ether oxygens (including phenoxy) is 1. The van der Waals surface area contributed by atoms with Crippen LogP contribution in [0.4, 0.5) is 0 Å².